The molecule has 0 saturated carbocycles. The Hall–Kier alpha value is -1.82. The fourth-order valence-electron chi connectivity index (χ4n) is 1.30. The highest BCUT2D eigenvalue weighted by Gasteiger charge is 2.12. The van der Waals surface area contributed by atoms with Crippen molar-refractivity contribution in [1.82, 2.24) is 4.90 Å². The Morgan fingerprint density at radius 1 is 1.47 bits per heavy atom. The van der Waals surface area contributed by atoms with Crippen LogP contribution in [0.4, 0.5) is 0 Å². The molecule has 94 valence electrons. The summed E-state index contributed by atoms with van der Waals surface area (Å²) >= 11 is 0. The Kier molecular flexibility index (Phi) is 4.71. The van der Waals surface area contributed by atoms with Gasteiger partial charge in [-0.05, 0) is 19.2 Å². The van der Waals surface area contributed by atoms with Crippen LogP contribution >= 0.6 is 0 Å². The highest BCUT2D eigenvalue weighted by atomic mass is 16.5. The summed E-state index contributed by atoms with van der Waals surface area (Å²) in [6.07, 6.45) is 0.0705. The zero-order chi connectivity index (χ0) is 12.8. The molecule has 0 aliphatic carbocycles. The van der Waals surface area contributed by atoms with Gasteiger partial charge in [0.05, 0.1) is 20.1 Å². The van der Waals surface area contributed by atoms with Gasteiger partial charge in [-0.1, -0.05) is 0 Å². The fraction of sp³-hybridized carbons (Fsp3) is 0.455. The number of hydrogen-bond donors (Lipinski definition) is 1. The molecule has 6 nitrogen and oxygen atoms in total. The van der Waals surface area contributed by atoms with Crippen LogP contribution < -0.4 is 0 Å². The number of ether oxygens (including phenoxy) is 1. The van der Waals surface area contributed by atoms with Crippen molar-refractivity contribution >= 4 is 11.9 Å². The molecule has 1 rings (SSSR count). The van der Waals surface area contributed by atoms with E-state index in [1.165, 1.54) is 13.2 Å². The third-order valence-corrected chi connectivity index (χ3v) is 2.18. The van der Waals surface area contributed by atoms with Crippen LogP contribution in [-0.2, 0) is 16.1 Å². The second kappa shape index (κ2) is 6.05. The largest absolute Gasteiger partial charge is 0.481 e. The molecule has 0 fully saturated rings. The number of furan rings is 1. The first-order chi connectivity index (χ1) is 8.02. The standard InChI is InChI=1S/C11H15NO5/c1-12(6-5-10(13)14)7-8-3-4-9(17-8)11(15)16-2/h3-4H,5-7H2,1-2H3,(H,13,14). The maximum Gasteiger partial charge on any atom is 0.373 e. The Morgan fingerprint density at radius 2 is 2.18 bits per heavy atom. The van der Waals surface area contributed by atoms with Crippen molar-refractivity contribution in [3.05, 3.63) is 23.7 Å². The number of carboxylic acids is 1. The molecule has 0 unspecified atom stereocenters. The van der Waals surface area contributed by atoms with Crippen LogP contribution in [0.15, 0.2) is 16.5 Å². The van der Waals surface area contributed by atoms with Crippen LogP contribution in [0.2, 0.25) is 0 Å². The second-order valence-corrected chi connectivity index (χ2v) is 3.64. The van der Waals surface area contributed by atoms with Crippen molar-refractivity contribution in [1.29, 1.82) is 0 Å². The molecule has 6 heteroatoms. The zero-order valence-corrected chi connectivity index (χ0v) is 9.80. The number of carbonyl (C=O) groups is 2. The van der Waals surface area contributed by atoms with Crippen molar-refractivity contribution in [3.8, 4) is 0 Å². The summed E-state index contributed by atoms with van der Waals surface area (Å²) in [6.45, 7) is 0.869. The lowest BCUT2D eigenvalue weighted by atomic mass is 10.3. The number of hydrogen-bond acceptors (Lipinski definition) is 5. The summed E-state index contributed by atoms with van der Waals surface area (Å²) in [7, 11) is 3.06. The molecule has 0 radical (unpaired) electrons. The molecule has 0 amide bonds. The van der Waals surface area contributed by atoms with Gasteiger partial charge in [-0.2, -0.15) is 0 Å². The van der Waals surface area contributed by atoms with Crippen LogP contribution in [0, 0.1) is 0 Å². The van der Waals surface area contributed by atoms with Gasteiger partial charge in [-0.25, -0.2) is 4.79 Å². The molecular formula is C11H15NO5. The molecule has 17 heavy (non-hydrogen) atoms. The van der Waals surface area contributed by atoms with Gasteiger partial charge in [-0.15, -0.1) is 0 Å². The van der Waals surface area contributed by atoms with E-state index in [-0.39, 0.29) is 12.2 Å². The Morgan fingerprint density at radius 3 is 2.76 bits per heavy atom. The van der Waals surface area contributed by atoms with E-state index in [0.717, 1.165) is 0 Å². The molecule has 0 atom stereocenters. The van der Waals surface area contributed by atoms with Crippen molar-refractivity contribution in [2.45, 2.75) is 13.0 Å². The van der Waals surface area contributed by atoms with Gasteiger partial charge < -0.3 is 14.3 Å². The first-order valence-electron chi connectivity index (χ1n) is 5.10. The average Bonchev–Trinajstić information content (AvgIpc) is 2.73. The minimum absolute atomic E-state index is 0.0705. The lowest BCUT2D eigenvalue weighted by molar-refractivity contribution is -0.137. The fourth-order valence-corrected chi connectivity index (χ4v) is 1.30. The molecule has 1 aromatic rings. The number of methoxy groups -OCH3 is 1. The van der Waals surface area contributed by atoms with Crippen LogP contribution in [0.25, 0.3) is 0 Å². The smallest absolute Gasteiger partial charge is 0.373 e. The molecule has 0 aromatic carbocycles. The molecule has 1 N–H and O–H groups in total. The number of esters is 1. The summed E-state index contributed by atoms with van der Waals surface area (Å²) < 4.78 is 9.76. The van der Waals surface area contributed by atoms with Crippen LogP contribution in [-0.4, -0.2) is 42.6 Å². The molecule has 0 bridgehead atoms. The normalized spacial score (nSPS) is 10.5. The number of nitrogens with zero attached hydrogens (tertiary/aromatic N) is 1. The summed E-state index contributed by atoms with van der Waals surface area (Å²) in [5.74, 6) is -0.622. The molecule has 0 saturated heterocycles. The van der Waals surface area contributed by atoms with Crippen molar-refractivity contribution in [2.75, 3.05) is 20.7 Å². The molecular weight excluding hydrogens is 226 g/mol. The summed E-state index contributed by atoms with van der Waals surface area (Å²) in [6, 6.07) is 3.20. The summed E-state index contributed by atoms with van der Waals surface area (Å²) in [5, 5.41) is 8.53. The van der Waals surface area contributed by atoms with Gasteiger partial charge >= 0.3 is 11.9 Å². The van der Waals surface area contributed by atoms with Crippen LogP contribution in [0.5, 0.6) is 0 Å². The third kappa shape index (κ3) is 4.28. The SMILES string of the molecule is COC(=O)c1ccc(CN(C)CCC(=O)O)o1. The van der Waals surface area contributed by atoms with E-state index >= 15 is 0 Å². The zero-order valence-electron chi connectivity index (χ0n) is 9.80. The number of carboxylic acid groups (broad SMARTS) is 1. The molecule has 1 aromatic heterocycles. The van der Waals surface area contributed by atoms with Gasteiger partial charge in [0.15, 0.2) is 0 Å². The quantitative estimate of drug-likeness (QED) is 0.747. The Labute approximate surface area is 98.8 Å². The van der Waals surface area contributed by atoms with Gasteiger partial charge in [0.1, 0.15) is 5.76 Å². The predicted octanol–water partition coefficient (Wildman–Crippen LogP) is 0.973. The van der Waals surface area contributed by atoms with Gasteiger partial charge in [0, 0.05) is 6.54 Å². The minimum Gasteiger partial charge on any atom is -0.481 e. The topological polar surface area (TPSA) is 80.0 Å². The van der Waals surface area contributed by atoms with Crippen molar-refractivity contribution in [2.24, 2.45) is 0 Å². The maximum absolute atomic E-state index is 11.1. The van der Waals surface area contributed by atoms with Gasteiger partial charge in [0.2, 0.25) is 5.76 Å². The second-order valence-electron chi connectivity index (χ2n) is 3.64. The number of aliphatic carboxylic acids is 1. The molecule has 1 heterocycles. The first kappa shape index (κ1) is 13.2. The highest BCUT2D eigenvalue weighted by molar-refractivity contribution is 5.86. The Bertz CT molecular complexity index is 398. The van der Waals surface area contributed by atoms with E-state index in [1.807, 2.05) is 0 Å². The average molecular weight is 241 g/mol. The molecule has 0 spiro atoms. The molecule has 0 aliphatic heterocycles. The lowest BCUT2D eigenvalue weighted by Gasteiger charge is -2.12. The van der Waals surface area contributed by atoms with Crippen molar-refractivity contribution < 1.29 is 23.8 Å². The summed E-state index contributed by atoms with van der Waals surface area (Å²) in [4.78, 5) is 23.3. The van der Waals surface area contributed by atoms with E-state index in [4.69, 9.17) is 9.52 Å². The van der Waals surface area contributed by atoms with E-state index in [0.29, 0.717) is 18.8 Å². The van der Waals surface area contributed by atoms with Crippen molar-refractivity contribution in [3.63, 3.8) is 0 Å². The van der Waals surface area contributed by atoms with Gasteiger partial charge in [-0.3, -0.25) is 9.69 Å². The van der Waals surface area contributed by atoms with E-state index in [1.54, 1.807) is 18.0 Å². The third-order valence-electron chi connectivity index (χ3n) is 2.18. The maximum atomic E-state index is 11.1. The number of rotatable bonds is 6. The monoisotopic (exact) mass is 241 g/mol. The minimum atomic E-state index is -0.841. The number of carbonyl (C=O) groups excluding carboxylic acids is 1. The van der Waals surface area contributed by atoms with E-state index in [9.17, 15) is 9.59 Å². The van der Waals surface area contributed by atoms with Crippen LogP contribution in [0.1, 0.15) is 22.7 Å². The first-order valence-corrected chi connectivity index (χ1v) is 5.10. The van der Waals surface area contributed by atoms with E-state index in [2.05, 4.69) is 4.74 Å². The highest BCUT2D eigenvalue weighted by Crippen LogP contribution is 2.11. The predicted molar refractivity (Wildman–Crippen MR) is 58.6 cm³/mol. The lowest BCUT2D eigenvalue weighted by Crippen LogP contribution is -2.21. The molecule has 0 aliphatic rings. The Balaban J connectivity index is 2.48. The van der Waals surface area contributed by atoms with E-state index < -0.39 is 11.9 Å². The van der Waals surface area contributed by atoms with Gasteiger partial charge in [0.25, 0.3) is 0 Å². The van der Waals surface area contributed by atoms with Crippen LogP contribution in [0.3, 0.4) is 0 Å². The summed E-state index contributed by atoms with van der Waals surface area (Å²) in [5.41, 5.74) is 0.